The van der Waals surface area contributed by atoms with Crippen molar-refractivity contribution in [2.24, 2.45) is 0 Å². The highest BCUT2D eigenvalue weighted by Crippen LogP contribution is 2.35. The van der Waals surface area contributed by atoms with E-state index in [1.165, 1.54) is 12.0 Å². The van der Waals surface area contributed by atoms with Crippen LogP contribution in [0.25, 0.3) is 0 Å². The Hall–Kier alpha value is -2.53. The topological polar surface area (TPSA) is 55.8 Å². The van der Waals surface area contributed by atoms with Crippen LogP contribution < -0.4 is 9.64 Å². The zero-order valence-corrected chi connectivity index (χ0v) is 13.1. The molecule has 0 bridgehead atoms. The molecule has 0 fully saturated rings. The van der Waals surface area contributed by atoms with Crippen molar-refractivity contribution in [3.8, 4) is 5.75 Å². The highest BCUT2D eigenvalue weighted by Gasteiger charge is 2.35. The number of esters is 1. The minimum Gasteiger partial charge on any atom is -0.475 e. The van der Waals surface area contributed by atoms with Gasteiger partial charge in [0.2, 0.25) is 6.10 Å². The van der Waals surface area contributed by atoms with Gasteiger partial charge in [-0.1, -0.05) is 35.9 Å². The number of ether oxygens (including phenoxy) is 2. The second-order valence-corrected chi connectivity index (χ2v) is 5.40. The highest BCUT2D eigenvalue weighted by molar-refractivity contribution is 6.34. The van der Waals surface area contributed by atoms with Gasteiger partial charge in [-0.3, -0.25) is 4.79 Å². The van der Waals surface area contributed by atoms with Crippen molar-refractivity contribution in [1.82, 2.24) is 0 Å². The molecule has 0 N–H and O–H groups in total. The Morgan fingerprint density at radius 1 is 1.17 bits per heavy atom. The summed E-state index contributed by atoms with van der Waals surface area (Å²) in [5, 5.41) is 0.357. The number of amides is 1. The normalized spacial score (nSPS) is 16.3. The van der Waals surface area contributed by atoms with Crippen LogP contribution in [0.4, 0.5) is 5.69 Å². The molecule has 2 aromatic rings. The Labute approximate surface area is 138 Å². The van der Waals surface area contributed by atoms with Gasteiger partial charge in [0.1, 0.15) is 5.75 Å². The quantitative estimate of drug-likeness (QED) is 0.794. The third kappa shape index (κ3) is 2.87. The van der Waals surface area contributed by atoms with Gasteiger partial charge in [-0.15, -0.1) is 0 Å². The van der Waals surface area contributed by atoms with E-state index in [0.29, 0.717) is 22.0 Å². The molecule has 118 valence electrons. The number of methoxy groups -OCH3 is 1. The minimum atomic E-state index is -0.874. The van der Waals surface area contributed by atoms with Gasteiger partial charge in [0, 0.05) is 0 Å². The van der Waals surface area contributed by atoms with Gasteiger partial charge < -0.3 is 14.4 Å². The standard InChI is InChI=1S/C17H14ClNO4/c1-22-17(21)15-10-19(13-8-4-5-9-14(13)23-15)16(20)11-6-2-3-7-12(11)18/h2-9,15H,10H2,1H3/t15-/m1/s1. The van der Waals surface area contributed by atoms with Gasteiger partial charge in [-0.25, -0.2) is 4.79 Å². The molecule has 0 spiro atoms. The Balaban J connectivity index is 2.01. The zero-order valence-electron chi connectivity index (χ0n) is 12.4. The van der Waals surface area contributed by atoms with Crippen molar-refractivity contribution >= 4 is 29.2 Å². The Kier molecular flexibility index (Phi) is 4.21. The van der Waals surface area contributed by atoms with Crippen molar-refractivity contribution in [2.45, 2.75) is 6.10 Å². The molecule has 23 heavy (non-hydrogen) atoms. The molecule has 0 unspecified atom stereocenters. The summed E-state index contributed by atoms with van der Waals surface area (Å²) < 4.78 is 10.4. The average molecular weight is 332 g/mol. The first-order valence-corrected chi connectivity index (χ1v) is 7.39. The average Bonchev–Trinajstić information content (AvgIpc) is 2.60. The van der Waals surface area contributed by atoms with E-state index in [9.17, 15) is 9.59 Å². The van der Waals surface area contributed by atoms with Gasteiger partial charge in [0.05, 0.1) is 29.9 Å². The number of anilines is 1. The molecule has 1 atom stereocenters. The van der Waals surface area contributed by atoms with E-state index in [2.05, 4.69) is 0 Å². The van der Waals surface area contributed by atoms with Crippen LogP contribution in [-0.4, -0.2) is 31.6 Å². The number of nitrogens with zero attached hydrogens (tertiary/aromatic N) is 1. The van der Waals surface area contributed by atoms with Gasteiger partial charge in [0.25, 0.3) is 5.91 Å². The lowest BCUT2D eigenvalue weighted by Gasteiger charge is -2.33. The fraction of sp³-hybridized carbons (Fsp3) is 0.176. The maximum atomic E-state index is 12.9. The summed E-state index contributed by atoms with van der Waals surface area (Å²) in [6, 6.07) is 13.8. The fourth-order valence-corrected chi connectivity index (χ4v) is 2.68. The van der Waals surface area contributed by atoms with Crippen LogP contribution >= 0.6 is 11.6 Å². The van der Waals surface area contributed by atoms with Gasteiger partial charge in [-0.2, -0.15) is 0 Å². The number of rotatable bonds is 2. The third-order valence-electron chi connectivity index (χ3n) is 3.59. The zero-order chi connectivity index (χ0) is 16.4. The second kappa shape index (κ2) is 6.30. The van der Waals surface area contributed by atoms with E-state index >= 15 is 0 Å². The maximum absolute atomic E-state index is 12.9. The van der Waals surface area contributed by atoms with Crippen LogP contribution in [0.15, 0.2) is 48.5 Å². The predicted octanol–water partition coefficient (Wildman–Crippen LogP) is 2.92. The fourth-order valence-electron chi connectivity index (χ4n) is 2.46. The van der Waals surface area contributed by atoms with Gasteiger partial charge >= 0.3 is 5.97 Å². The van der Waals surface area contributed by atoms with Crippen LogP contribution in [0.3, 0.4) is 0 Å². The first kappa shape index (κ1) is 15.4. The molecule has 2 aromatic carbocycles. The molecule has 1 amide bonds. The number of hydrogen-bond acceptors (Lipinski definition) is 4. The number of carbonyl (C=O) groups is 2. The van der Waals surface area contributed by atoms with Crippen LogP contribution in [0.5, 0.6) is 5.75 Å². The molecular weight excluding hydrogens is 318 g/mol. The number of para-hydroxylation sites is 2. The SMILES string of the molecule is COC(=O)[C@H]1CN(C(=O)c2ccccc2Cl)c2ccccc2O1. The lowest BCUT2D eigenvalue weighted by atomic mass is 10.1. The molecule has 0 aliphatic carbocycles. The lowest BCUT2D eigenvalue weighted by Crippen LogP contribution is -2.47. The van der Waals surface area contributed by atoms with E-state index in [0.717, 1.165) is 0 Å². The molecule has 0 saturated carbocycles. The summed E-state index contributed by atoms with van der Waals surface area (Å²) in [5.41, 5.74) is 0.965. The number of hydrogen-bond donors (Lipinski definition) is 0. The van der Waals surface area contributed by atoms with Crippen molar-refractivity contribution in [1.29, 1.82) is 0 Å². The van der Waals surface area contributed by atoms with Crippen LogP contribution in [0.2, 0.25) is 5.02 Å². The van der Waals surface area contributed by atoms with Crippen molar-refractivity contribution in [3.63, 3.8) is 0 Å². The molecule has 1 aliphatic heterocycles. The summed E-state index contributed by atoms with van der Waals surface area (Å²) in [7, 11) is 1.28. The summed E-state index contributed by atoms with van der Waals surface area (Å²) in [4.78, 5) is 26.2. The van der Waals surface area contributed by atoms with Crippen LogP contribution in [0.1, 0.15) is 10.4 Å². The van der Waals surface area contributed by atoms with Crippen LogP contribution in [0, 0.1) is 0 Å². The second-order valence-electron chi connectivity index (χ2n) is 4.99. The lowest BCUT2D eigenvalue weighted by molar-refractivity contribution is -0.148. The molecular formula is C17H14ClNO4. The van der Waals surface area contributed by atoms with E-state index in [1.807, 2.05) is 0 Å². The first-order chi connectivity index (χ1) is 11.1. The maximum Gasteiger partial charge on any atom is 0.348 e. The molecule has 0 aromatic heterocycles. The predicted molar refractivity (Wildman–Crippen MR) is 86.0 cm³/mol. The number of benzene rings is 2. The molecule has 6 heteroatoms. The summed E-state index contributed by atoms with van der Waals surface area (Å²) in [5.74, 6) is -0.369. The van der Waals surface area contributed by atoms with E-state index in [4.69, 9.17) is 21.1 Å². The summed E-state index contributed by atoms with van der Waals surface area (Å²) in [6.45, 7) is 0.0632. The molecule has 1 heterocycles. The molecule has 3 rings (SSSR count). The van der Waals surface area contributed by atoms with E-state index < -0.39 is 12.1 Å². The third-order valence-corrected chi connectivity index (χ3v) is 3.92. The Bertz CT molecular complexity index is 762. The Morgan fingerprint density at radius 3 is 2.61 bits per heavy atom. The Morgan fingerprint density at radius 2 is 1.87 bits per heavy atom. The number of carbonyl (C=O) groups excluding carboxylic acids is 2. The molecule has 0 radical (unpaired) electrons. The van der Waals surface area contributed by atoms with Gasteiger partial charge in [-0.05, 0) is 24.3 Å². The summed E-state index contributed by atoms with van der Waals surface area (Å²) >= 11 is 6.12. The minimum absolute atomic E-state index is 0.0632. The monoisotopic (exact) mass is 331 g/mol. The van der Waals surface area contributed by atoms with Crippen LogP contribution in [-0.2, 0) is 9.53 Å². The highest BCUT2D eigenvalue weighted by atomic mass is 35.5. The van der Waals surface area contributed by atoms with Gasteiger partial charge in [0.15, 0.2) is 0 Å². The smallest absolute Gasteiger partial charge is 0.348 e. The number of fused-ring (bicyclic) bond motifs is 1. The summed E-state index contributed by atoms with van der Waals surface area (Å²) in [6.07, 6.45) is -0.874. The van der Waals surface area contributed by atoms with E-state index in [-0.39, 0.29) is 12.5 Å². The van der Waals surface area contributed by atoms with Crippen molar-refractivity contribution < 1.29 is 19.1 Å². The van der Waals surface area contributed by atoms with Crippen molar-refractivity contribution in [2.75, 3.05) is 18.6 Å². The first-order valence-electron chi connectivity index (χ1n) is 7.01. The van der Waals surface area contributed by atoms with Crippen molar-refractivity contribution in [3.05, 3.63) is 59.1 Å². The molecule has 5 nitrogen and oxygen atoms in total. The largest absolute Gasteiger partial charge is 0.475 e. The molecule has 0 saturated heterocycles. The number of halogens is 1. The molecule has 1 aliphatic rings. The van der Waals surface area contributed by atoms with E-state index in [1.54, 1.807) is 48.5 Å².